The molecule has 2 aromatic heterocycles. The first-order chi connectivity index (χ1) is 12.1. The molecule has 0 atom stereocenters. The van der Waals surface area contributed by atoms with E-state index in [1.165, 1.54) is 18.4 Å². The van der Waals surface area contributed by atoms with Crippen molar-refractivity contribution in [2.75, 3.05) is 6.54 Å². The van der Waals surface area contributed by atoms with E-state index in [-0.39, 0.29) is 30.5 Å². The van der Waals surface area contributed by atoms with Crippen LogP contribution in [0.3, 0.4) is 0 Å². The molecule has 1 amide bonds. The molecule has 2 heterocycles. The highest BCUT2D eigenvalue weighted by molar-refractivity contribution is 5.95. The Hall–Kier alpha value is -3.49. The summed E-state index contributed by atoms with van der Waals surface area (Å²) >= 11 is 0. The molecule has 0 spiro atoms. The van der Waals surface area contributed by atoms with E-state index in [4.69, 9.17) is 13.6 Å². The zero-order valence-corrected chi connectivity index (χ0v) is 12.8. The third kappa shape index (κ3) is 4.28. The van der Waals surface area contributed by atoms with Gasteiger partial charge in [-0.2, -0.15) is 0 Å². The van der Waals surface area contributed by atoms with Crippen LogP contribution in [0.4, 0.5) is 4.39 Å². The summed E-state index contributed by atoms with van der Waals surface area (Å²) < 4.78 is 28.1. The number of furan rings is 1. The number of hydrogen-bond donors (Lipinski definition) is 1. The van der Waals surface area contributed by atoms with Gasteiger partial charge in [0.25, 0.3) is 17.7 Å². The minimum absolute atomic E-state index is 0.0876. The van der Waals surface area contributed by atoms with E-state index in [9.17, 15) is 14.0 Å². The molecule has 0 saturated heterocycles. The van der Waals surface area contributed by atoms with Crippen molar-refractivity contribution in [3.8, 4) is 11.7 Å². The van der Waals surface area contributed by atoms with Crippen LogP contribution in [0.25, 0.3) is 11.7 Å². The van der Waals surface area contributed by atoms with Crippen molar-refractivity contribution < 1.29 is 27.6 Å². The van der Waals surface area contributed by atoms with Crippen molar-refractivity contribution in [3.05, 3.63) is 59.9 Å². The number of carbonyl (C=O) groups is 2. The Balaban J connectivity index is 1.45. The number of ether oxygens (including phenoxy) is 1. The number of amides is 1. The predicted octanol–water partition coefficient (Wildman–Crippen LogP) is 1.94. The van der Waals surface area contributed by atoms with Crippen molar-refractivity contribution in [2.45, 2.75) is 6.61 Å². The molecule has 0 bridgehead atoms. The van der Waals surface area contributed by atoms with Gasteiger partial charge in [0.1, 0.15) is 12.4 Å². The summed E-state index contributed by atoms with van der Waals surface area (Å²) in [5.41, 5.74) is 0.231. The van der Waals surface area contributed by atoms with Gasteiger partial charge in [-0.3, -0.25) is 9.59 Å². The summed E-state index contributed by atoms with van der Waals surface area (Å²) in [6.07, 6.45) is 1.46. The van der Waals surface area contributed by atoms with Gasteiger partial charge in [-0.15, -0.1) is 10.2 Å². The largest absolute Gasteiger partial charge is 0.459 e. The van der Waals surface area contributed by atoms with Gasteiger partial charge < -0.3 is 18.9 Å². The summed E-state index contributed by atoms with van der Waals surface area (Å²) in [5, 5.41) is 9.84. The van der Waals surface area contributed by atoms with E-state index in [1.807, 2.05) is 0 Å². The summed E-state index contributed by atoms with van der Waals surface area (Å²) in [6.45, 7) is -0.589. The molecule has 0 aliphatic heterocycles. The fourth-order valence-corrected chi connectivity index (χ4v) is 1.86. The molecule has 0 radical (unpaired) electrons. The molecule has 8 nitrogen and oxygen atoms in total. The molecule has 3 rings (SSSR count). The van der Waals surface area contributed by atoms with E-state index in [2.05, 4.69) is 15.5 Å². The number of carbonyl (C=O) groups excluding carboxylic acids is 2. The first kappa shape index (κ1) is 16.4. The third-order valence-corrected chi connectivity index (χ3v) is 3.06. The van der Waals surface area contributed by atoms with Gasteiger partial charge in [0.05, 0.1) is 6.26 Å². The minimum atomic E-state index is -0.687. The van der Waals surface area contributed by atoms with E-state index in [0.29, 0.717) is 5.76 Å². The fraction of sp³-hybridized carbons (Fsp3) is 0.125. The number of rotatable bonds is 6. The molecule has 3 aromatic rings. The van der Waals surface area contributed by atoms with Crippen molar-refractivity contribution in [3.63, 3.8) is 0 Å². The van der Waals surface area contributed by atoms with Crippen LogP contribution in [0.5, 0.6) is 0 Å². The Kier molecular flexibility index (Phi) is 4.84. The van der Waals surface area contributed by atoms with E-state index < -0.39 is 17.7 Å². The first-order valence-electron chi connectivity index (χ1n) is 7.17. The summed E-state index contributed by atoms with van der Waals surface area (Å²) in [6, 6.07) is 8.24. The highest BCUT2D eigenvalue weighted by atomic mass is 19.1. The quantitative estimate of drug-likeness (QED) is 0.680. The van der Waals surface area contributed by atoms with Crippen LogP contribution in [-0.4, -0.2) is 28.6 Å². The number of nitrogens with one attached hydrogen (secondary N) is 1. The van der Waals surface area contributed by atoms with Gasteiger partial charge in [0.2, 0.25) is 0 Å². The Labute approximate surface area is 140 Å². The lowest BCUT2D eigenvalue weighted by molar-refractivity contribution is -0.144. The van der Waals surface area contributed by atoms with Crippen LogP contribution in [0.2, 0.25) is 0 Å². The predicted molar refractivity (Wildman–Crippen MR) is 80.5 cm³/mol. The van der Waals surface area contributed by atoms with Crippen LogP contribution in [0.1, 0.15) is 16.2 Å². The zero-order chi connectivity index (χ0) is 17.6. The first-order valence-corrected chi connectivity index (χ1v) is 7.17. The van der Waals surface area contributed by atoms with Crippen molar-refractivity contribution >= 4 is 11.9 Å². The zero-order valence-electron chi connectivity index (χ0n) is 12.8. The molecule has 0 aliphatic rings. The van der Waals surface area contributed by atoms with Crippen molar-refractivity contribution in [2.24, 2.45) is 0 Å². The molecule has 9 heteroatoms. The van der Waals surface area contributed by atoms with Crippen LogP contribution in [-0.2, 0) is 16.1 Å². The number of hydrogen-bond acceptors (Lipinski definition) is 7. The Bertz CT molecular complexity index is 858. The molecule has 128 valence electrons. The van der Waals surface area contributed by atoms with E-state index in [1.54, 1.807) is 12.1 Å². The lowest BCUT2D eigenvalue weighted by atomic mass is 10.2. The number of aromatic nitrogens is 2. The molecule has 25 heavy (non-hydrogen) atoms. The summed E-state index contributed by atoms with van der Waals surface area (Å²) in [5.74, 6) is -1.01. The Morgan fingerprint density at radius 2 is 1.96 bits per heavy atom. The van der Waals surface area contributed by atoms with Gasteiger partial charge >= 0.3 is 5.97 Å². The third-order valence-electron chi connectivity index (χ3n) is 3.06. The molecule has 0 saturated carbocycles. The topological polar surface area (TPSA) is 107 Å². The highest BCUT2D eigenvalue weighted by Gasteiger charge is 2.13. The second kappa shape index (κ2) is 7.39. The number of nitrogens with zero attached hydrogens (tertiary/aromatic N) is 2. The average molecular weight is 345 g/mol. The Morgan fingerprint density at radius 1 is 1.16 bits per heavy atom. The normalized spacial score (nSPS) is 10.4. The molecule has 1 N–H and O–H groups in total. The molecule has 0 fully saturated rings. The maximum Gasteiger partial charge on any atom is 0.325 e. The number of benzene rings is 1. The molecular formula is C16H12FN3O5. The number of halogens is 1. The van der Waals surface area contributed by atoms with Crippen molar-refractivity contribution in [1.82, 2.24) is 15.5 Å². The minimum Gasteiger partial charge on any atom is -0.459 e. The fourth-order valence-electron chi connectivity index (χ4n) is 1.86. The van der Waals surface area contributed by atoms with Gasteiger partial charge in [-0.05, 0) is 36.4 Å². The molecule has 0 unspecified atom stereocenters. The SMILES string of the molecule is O=C(CNC(=O)c1ccc(F)cc1)OCc1nnc(-c2ccco2)o1. The maximum absolute atomic E-state index is 12.8. The van der Waals surface area contributed by atoms with Crippen molar-refractivity contribution in [1.29, 1.82) is 0 Å². The summed E-state index contributed by atoms with van der Waals surface area (Å²) in [7, 11) is 0. The smallest absolute Gasteiger partial charge is 0.325 e. The second-order valence-electron chi connectivity index (χ2n) is 4.83. The van der Waals surface area contributed by atoms with Crippen LogP contribution in [0.15, 0.2) is 51.5 Å². The molecular weight excluding hydrogens is 333 g/mol. The van der Waals surface area contributed by atoms with E-state index >= 15 is 0 Å². The maximum atomic E-state index is 12.8. The lowest BCUT2D eigenvalue weighted by Crippen LogP contribution is -2.30. The van der Waals surface area contributed by atoms with Gasteiger partial charge in [-0.25, -0.2) is 4.39 Å². The number of esters is 1. The van der Waals surface area contributed by atoms with Gasteiger partial charge in [0, 0.05) is 5.56 Å². The van der Waals surface area contributed by atoms with Crippen LogP contribution < -0.4 is 5.32 Å². The lowest BCUT2D eigenvalue weighted by Gasteiger charge is -2.05. The second-order valence-corrected chi connectivity index (χ2v) is 4.83. The Morgan fingerprint density at radius 3 is 2.68 bits per heavy atom. The highest BCUT2D eigenvalue weighted by Crippen LogP contribution is 2.17. The molecule has 0 aliphatic carbocycles. The summed E-state index contributed by atoms with van der Waals surface area (Å²) in [4.78, 5) is 23.4. The van der Waals surface area contributed by atoms with E-state index in [0.717, 1.165) is 12.1 Å². The van der Waals surface area contributed by atoms with Gasteiger partial charge in [-0.1, -0.05) is 0 Å². The average Bonchev–Trinajstić information content (AvgIpc) is 3.29. The standard InChI is InChI=1S/C16H12FN3O5/c17-11-5-3-10(4-6-11)15(22)18-8-14(21)24-9-13-19-20-16(25-13)12-2-1-7-23-12/h1-7H,8-9H2,(H,18,22). The van der Waals surface area contributed by atoms with Crippen LogP contribution >= 0.6 is 0 Å². The van der Waals surface area contributed by atoms with Gasteiger partial charge in [0.15, 0.2) is 12.4 Å². The van der Waals surface area contributed by atoms with Crippen LogP contribution in [0, 0.1) is 5.82 Å². The molecule has 1 aromatic carbocycles. The monoisotopic (exact) mass is 345 g/mol.